The summed E-state index contributed by atoms with van der Waals surface area (Å²) in [7, 11) is 0. The van der Waals surface area contributed by atoms with Gasteiger partial charge in [-0.05, 0) is 66.8 Å². The molecule has 0 radical (unpaired) electrons. The molecule has 188 valence electrons. The molecule has 0 aliphatic carbocycles. The number of hydrogen-bond acceptors (Lipinski definition) is 5. The van der Waals surface area contributed by atoms with Crippen molar-refractivity contribution in [3.8, 4) is 11.3 Å². The van der Waals surface area contributed by atoms with Gasteiger partial charge in [-0.15, -0.1) is 0 Å². The monoisotopic (exact) mass is 544 g/mol. The van der Waals surface area contributed by atoms with Gasteiger partial charge in [0.1, 0.15) is 5.76 Å². The van der Waals surface area contributed by atoms with Crippen LogP contribution in [-0.2, 0) is 4.79 Å². The standard InChI is InChI=1S/C26H26Cl2N4O3S/c1-16(2)25(34)32-13-11-31(12-14-32)19-6-4-18(5-7-19)29-26(36)30-24(33)23-10-9-22(35-23)20-8-3-17(27)15-21(20)28/h3-10,15-16H,11-14H2,1-2H3,(H2,29,30,33,36). The van der Waals surface area contributed by atoms with Crippen LogP contribution in [0.3, 0.4) is 0 Å². The lowest BCUT2D eigenvalue weighted by atomic mass is 10.1. The van der Waals surface area contributed by atoms with Gasteiger partial charge in [0, 0.05) is 54.1 Å². The van der Waals surface area contributed by atoms with Crippen molar-refractivity contribution in [3.63, 3.8) is 0 Å². The van der Waals surface area contributed by atoms with Crippen LogP contribution in [0.1, 0.15) is 24.4 Å². The molecule has 2 N–H and O–H groups in total. The molecule has 1 saturated heterocycles. The van der Waals surface area contributed by atoms with Crippen LogP contribution >= 0.6 is 35.4 Å². The Balaban J connectivity index is 1.30. The molecular formula is C26H26Cl2N4O3S. The molecule has 10 heteroatoms. The SMILES string of the molecule is CC(C)C(=O)N1CCN(c2ccc(NC(=S)NC(=O)c3ccc(-c4ccc(Cl)cc4Cl)o3)cc2)CC1. The maximum absolute atomic E-state index is 12.6. The van der Waals surface area contributed by atoms with Crippen LogP contribution in [0.2, 0.25) is 10.0 Å². The Morgan fingerprint density at radius 1 is 0.972 bits per heavy atom. The molecule has 36 heavy (non-hydrogen) atoms. The lowest BCUT2D eigenvalue weighted by Gasteiger charge is -2.37. The molecule has 0 atom stereocenters. The van der Waals surface area contributed by atoms with Crippen LogP contribution < -0.4 is 15.5 Å². The van der Waals surface area contributed by atoms with E-state index in [-0.39, 0.29) is 22.7 Å². The van der Waals surface area contributed by atoms with E-state index in [1.807, 2.05) is 43.0 Å². The molecule has 0 spiro atoms. The summed E-state index contributed by atoms with van der Waals surface area (Å²) in [5, 5.41) is 6.72. The minimum atomic E-state index is -0.478. The normalized spacial score (nSPS) is 13.6. The van der Waals surface area contributed by atoms with Crippen molar-refractivity contribution >= 4 is 63.7 Å². The molecular weight excluding hydrogens is 519 g/mol. The summed E-state index contributed by atoms with van der Waals surface area (Å²) in [6, 6.07) is 16.0. The zero-order valence-corrected chi connectivity index (χ0v) is 22.2. The average Bonchev–Trinajstić information content (AvgIpc) is 3.34. The summed E-state index contributed by atoms with van der Waals surface area (Å²) in [5.74, 6) is 0.290. The molecule has 2 aromatic carbocycles. The van der Waals surface area contributed by atoms with E-state index >= 15 is 0 Å². The number of amides is 2. The summed E-state index contributed by atoms with van der Waals surface area (Å²) < 4.78 is 5.66. The quantitative estimate of drug-likeness (QED) is 0.402. The van der Waals surface area contributed by atoms with Crippen LogP contribution in [0.4, 0.5) is 11.4 Å². The van der Waals surface area contributed by atoms with Crippen molar-refractivity contribution in [2.24, 2.45) is 5.92 Å². The highest BCUT2D eigenvalue weighted by Gasteiger charge is 2.23. The molecule has 4 rings (SSSR count). The second-order valence-electron chi connectivity index (χ2n) is 8.71. The number of hydrogen-bond donors (Lipinski definition) is 2. The first kappa shape index (κ1) is 26.0. The van der Waals surface area contributed by atoms with Gasteiger partial charge in [-0.25, -0.2) is 0 Å². The number of carbonyl (C=O) groups is 2. The van der Waals surface area contributed by atoms with Crippen molar-refractivity contribution in [2.45, 2.75) is 13.8 Å². The Labute approximate surface area is 225 Å². The molecule has 0 saturated carbocycles. The summed E-state index contributed by atoms with van der Waals surface area (Å²) in [4.78, 5) is 28.9. The summed E-state index contributed by atoms with van der Waals surface area (Å²) >= 11 is 17.5. The predicted molar refractivity (Wildman–Crippen MR) is 148 cm³/mol. The largest absolute Gasteiger partial charge is 0.451 e. The van der Waals surface area contributed by atoms with Gasteiger partial charge in [0.25, 0.3) is 5.91 Å². The third-order valence-corrected chi connectivity index (χ3v) is 6.58. The Bertz CT molecular complexity index is 1270. The molecule has 3 aromatic rings. The van der Waals surface area contributed by atoms with Crippen LogP contribution in [0.25, 0.3) is 11.3 Å². The van der Waals surface area contributed by atoms with Gasteiger partial charge in [-0.3, -0.25) is 14.9 Å². The molecule has 7 nitrogen and oxygen atoms in total. The first-order chi connectivity index (χ1) is 17.2. The fourth-order valence-corrected chi connectivity index (χ4v) is 4.64. The number of rotatable bonds is 5. The Kier molecular flexibility index (Phi) is 8.18. The first-order valence-electron chi connectivity index (χ1n) is 11.5. The number of nitrogens with zero attached hydrogens (tertiary/aromatic N) is 2. The number of anilines is 2. The third kappa shape index (κ3) is 6.19. The maximum Gasteiger partial charge on any atom is 0.293 e. The number of furan rings is 1. The highest BCUT2D eigenvalue weighted by atomic mass is 35.5. The predicted octanol–water partition coefficient (Wildman–Crippen LogP) is 5.68. The summed E-state index contributed by atoms with van der Waals surface area (Å²) in [5.41, 5.74) is 2.44. The first-order valence-corrected chi connectivity index (χ1v) is 12.7. The van der Waals surface area contributed by atoms with E-state index in [4.69, 9.17) is 39.8 Å². The van der Waals surface area contributed by atoms with E-state index < -0.39 is 5.91 Å². The van der Waals surface area contributed by atoms with Crippen molar-refractivity contribution in [2.75, 3.05) is 36.4 Å². The van der Waals surface area contributed by atoms with Crippen LogP contribution in [0, 0.1) is 5.92 Å². The minimum Gasteiger partial charge on any atom is -0.451 e. The highest BCUT2D eigenvalue weighted by molar-refractivity contribution is 7.80. The summed E-state index contributed by atoms with van der Waals surface area (Å²) in [6.45, 7) is 6.85. The highest BCUT2D eigenvalue weighted by Crippen LogP contribution is 2.31. The van der Waals surface area contributed by atoms with Gasteiger partial charge in [0.15, 0.2) is 10.9 Å². The van der Waals surface area contributed by atoms with E-state index in [0.717, 1.165) is 24.5 Å². The van der Waals surface area contributed by atoms with E-state index in [1.54, 1.807) is 30.3 Å². The number of benzene rings is 2. The smallest absolute Gasteiger partial charge is 0.293 e. The number of piperazine rings is 1. The van der Waals surface area contributed by atoms with E-state index in [1.165, 1.54) is 0 Å². The lowest BCUT2D eigenvalue weighted by molar-refractivity contribution is -0.134. The van der Waals surface area contributed by atoms with Crippen LogP contribution in [0.5, 0.6) is 0 Å². The van der Waals surface area contributed by atoms with Gasteiger partial charge in [0.05, 0.1) is 5.02 Å². The van der Waals surface area contributed by atoms with Crippen LogP contribution in [0.15, 0.2) is 59.0 Å². The fraction of sp³-hybridized carbons (Fsp3) is 0.269. The van der Waals surface area contributed by atoms with Gasteiger partial charge in [-0.2, -0.15) is 0 Å². The zero-order valence-electron chi connectivity index (χ0n) is 19.9. The van der Waals surface area contributed by atoms with Crippen LogP contribution in [-0.4, -0.2) is 48.0 Å². The zero-order chi connectivity index (χ0) is 25.8. The molecule has 1 fully saturated rings. The molecule has 1 aliphatic heterocycles. The van der Waals surface area contributed by atoms with E-state index in [0.29, 0.717) is 34.5 Å². The third-order valence-electron chi connectivity index (χ3n) is 5.83. The second kappa shape index (κ2) is 11.3. The van der Waals surface area contributed by atoms with E-state index in [2.05, 4.69) is 15.5 Å². The topological polar surface area (TPSA) is 77.8 Å². The molecule has 1 aromatic heterocycles. The maximum atomic E-state index is 12.6. The molecule has 1 aliphatic rings. The number of thiocarbonyl (C=S) groups is 1. The van der Waals surface area contributed by atoms with Crippen molar-refractivity contribution in [1.29, 1.82) is 0 Å². The van der Waals surface area contributed by atoms with Gasteiger partial charge in [-0.1, -0.05) is 37.0 Å². The molecule has 2 heterocycles. The minimum absolute atomic E-state index is 0.0167. The number of nitrogens with one attached hydrogen (secondary N) is 2. The van der Waals surface area contributed by atoms with Crippen molar-refractivity contribution in [1.82, 2.24) is 10.2 Å². The lowest BCUT2D eigenvalue weighted by Crippen LogP contribution is -2.49. The fourth-order valence-electron chi connectivity index (χ4n) is 3.93. The Morgan fingerprint density at radius 3 is 2.31 bits per heavy atom. The Hall–Kier alpha value is -3.07. The van der Waals surface area contributed by atoms with Crippen molar-refractivity contribution < 1.29 is 14.0 Å². The second-order valence-corrected chi connectivity index (χ2v) is 9.96. The molecule has 0 unspecified atom stereocenters. The van der Waals surface area contributed by atoms with Crippen molar-refractivity contribution in [3.05, 3.63) is 70.4 Å². The Morgan fingerprint density at radius 2 is 1.67 bits per heavy atom. The molecule has 2 amide bonds. The average molecular weight is 545 g/mol. The van der Waals surface area contributed by atoms with Gasteiger partial charge in [0.2, 0.25) is 5.91 Å². The number of carbonyl (C=O) groups excluding carboxylic acids is 2. The van der Waals surface area contributed by atoms with E-state index in [9.17, 15) is 9.59 Å². The van der Waals surface area contributed by atoms with Gasteiger partial charge < -0.3 is 19.5 Å². The number of halogens is 2. The molecule has 0 bridgehead atoms. The summed E-state index contributed by atoms with van der Waals surface area (Å²) in [6.07, 6.45) is 0. The van der Waals surface area contributed by atoms with Gasteiger partial charge >= 0.3 is 0 Å².